The molecule has 3 heteroatoms. The van der Waals surface area contributed by atoms with Gasteiger partial charge in [0.05, 0.1) is 0 Å². The van der Waals surface area contributed by atoms with E-state index in [1.165, 1.54) is 29.3 Å². The van der Waals surface area contributed by atoms with E-state index >= 15 is 0 Å². The summed E-state index contributed by atoms with van der Waals surface area (Å²) >= 11 is 3.49. The molecule has 1 aliphatic rings. The Morgan fingerprint density at radius 3 is 3.07 bits per heavy atom. The maximum Gasteiger partial charge on any atom is 0.0468 e. The fourth-order valence-electron chi connectivity index (χ4n) is 2.36. The van der Waals surface area contributed by atoms with Crippen LogP contribution in [0.4, 0.5) is 0 Å². The second kappa shape index (κ2) is 3.65. The van der Waals surface area contributed by atoms with Crippen LogP contribution in [0, 0.1) is 0 Å². The van der Waals surface area contributed by atoms with Crippen molar-refractivity contribution < 1.29 is 0 Å². The third-order valence-electron chi connectivity index (χ3n) is 3.11. The number of hydrogen-bond acceptors (Lipinski definition) is 1. The van der Waals surface area contributed by atoms with Crippen molar-refractivity contribution in [3.63, 3.8) is 0 Å². The van der Waals surface area contributed by atoms with Gasteiger partial charge in [-0.3, -0.25) is 0 Å². The molecule has 1 fully saturated rings. The van der Waals surface area contributed by atoms with Crippen molar-refractivity contribution in [2.24, 2.45) is 0 Å². The second-order valence-corrected chi connectivity index (χ2v) is 5.00. The molecule has 1 unspecified atom stereocenters. The van der Waals surface area contributed by atoms with E-state index in [0.717, 1.165) is 11.0 Å². The molecule has 15 heavy (non-hydrogen) atoms. The lowest BCUT2D eigenvalue weighted by Crippen LogP contribution is -2.12. The highest BCUT2D eigenvalue weighted by molar-refractivity contribution is 9.10. The third kappa shape index (κ3) is 1.60. The van der Waals surface area contributed by atoms with Gasteiger partial charge in [-0.15, -0.1) is 0 Å². The monoisotopic (exact) mass is 264 g/mol. The van der Waals surface area contributed by atoms with Gasteiger partial charge in [-0.05, 0) is 37.1 Å². The summed E-state index contributed by atoms with van der Waals surface area (Å²) in [4.78, 5) is 3.34. The van der Waals surface area contributed by atoms with Crippen LogP contribution in [0.1, 0.15) is 24.4 Å². The van der Waals surface area contributed by atoms with E-state index in [4.69, 9.17) is 0 Å². The van der Waals surface area contributed by atoms with Gasteiger partial charge >= 0.3 is 0 Å². The standard InChI is InChI=1S/C12H13BrN2/c13-8-3-4-9-10(7-15-12(9)6-8)11-2-1-5-14-11/h3-4,6-7,11,14-15H,1-2,5H2. The van der Waals surface area contributed by atoms with Gasteiger partial charge in [-0.1, -0.05) is 22.0 Å². The van der Waals surface area contributed by atoms with Gasteiger partial charge in [0, 0.05) is 27.6 Å². The van der Waals surface area contributed by atoms with Crippen LogP contribution in [0.3, 0.4) is 0 Å². The molecule has 1 aromatic carbocycles. The normalized spacial score (nSPS) is 21.3. The lowest BCUT2D eigenvalue weighted by atomic mass is 10.0. The van der Waals surface area contributed by atoms with E-state index in [0.29, 0.717) is 6.04 Å². The number of H-pyrrole nitrogens is 1. The average Bonchev–Trinajstić information content (AvgIpc) is 2.82. The van der Waals surface area contributed by atoms with Gasteiger partial charge in [0.25, 0.3) is 0 Å². The zero-order valence-corrected chi connectivity index (χ0v) is 9.97. The highest BCUT2D eigenvalue weighted by Gasteiger charge is 2.19. The zero-order valence-electron chi connectivity index (χ0n) is 8.39. The highest BCUT2D eigenvalue weighted by atomic mass is 79.9. The van der Waals surface area contributed by atoms with Gasteiger partial charge in [0.1, 0.15) is 0 Å². The van der Waals surface area contributed by atoms with Crippen molar-refractivity contribution in [1.29, 1.82) is 0 Å². The van der Waals surface area contributed by atoms with E-state index in [-0.39, 0.29) is 0 Å². The van der Waals surface area contributed by atoms with Gasteiger partial charge in [0.15, 0.2) is 0 Å². The molecule has 78 valence electrons. The lowest BCUT2D eigenvalue weighted by Gasteiger charge is -2.08. The van der Waals surface area contributed by atoms with Crippen molar-refractivity contribution in [1.82, 2.24) is 10.3 Å². The van der Waals surface area contributed by atoms with Crippen LogP contribution in [0.15, 0.2) is 28.9 Å². The van der Waals surface area contributed by atoms with Crippen molar-refractivity contribution in [3.05, 3.63) is 34.4 Å². The zero-order chi connectivity index (χ0) is 10.3. The van der Waals surface area contributed by atoms with Crippen LogP contribution >= 0.6 is 15.9 Å². The summed E-state index contributed by atoms with van der Waals surface area (Å²) in [5.74, 6) is 0. The predicted octanol–water partition coefficient (Wildman–Crippen LogP) is 3.35. The van der Waals surface area contributed by atoms with Crippen molar-refractivity contribution in [2.45, 2.75) is 18.9 Å². The first-order chi connectivity index (χ1) is 7.34. The Hall–Kier alpha value is -0.800. The summed E-state index contributed by atoms with van der Waals surface area (Å²) in [5, 5.41) is 4.88. The molecule has 3 rings (SSSR count). The molecule has 2 N–H and O–H groups in total. The maximum absolute atomic E-state index is 3.53. The van der Waals surface area contributed by atoms with Crippen molar-refractivity contribution in [2.75, 3.05) is 6.54 Å². The minimum Gasteiger partial charge on any atom is -0.361 e. The van der Waals surface area contributed by atoms with Crippen LogP contribution in [0.25, 0.3) is 10.9 Å². The lowest BCUT2D eigenvalue weighted by molar-refractivity contribution is 0.652. The minimum absolute atomic E-state index is 0.542. The molecule has 0 aliphatic carbocycles. The smallest absolute Gasteiger partial charge is 0.0468 e. The summed E-state index contributed by atoms with van der Waals surface area (Å²) in [7, 11) is 0. The first-order valence-corrected chi connectivity index (χ1v) is 6.14. The molecule has 2 nitrogen and oxygen atoms in total. The summed E-state index contributed by atoms with van der Waals surface area (Å²) in [5.41, 5.74) is 2.63. The second-order valence-electron chi connectivity index (χ2n) is 4.08. The Kier molecular flexibility index (Phi) is 2.29. The van der Waals surface area contributed by atoms with Crippen LogP contribution in [-0.2, 0) is 0 Å². The topological polar surface area (TPSA) is 27.8 Å². The number of aromatic nitrogens is 1. The van der Waals surface area contributed by atoms with E-state index in [2.05, 4.69) is 50.6 Å². The summed E-state index contributed by atoms with van der Waals surface area (Å²) < 4.78 is 1.13. The summed E-state index contributed by atoms with van der Waals surface area (Å²) in [6.07, 6.45) is 4.68. The van der Waals surface area contributed by atoms with Crippen LogP contribution in [0.2, 0.25) is 0 Å². The van der Waals surface area contributed by atoms with Crippen LogP contribution in [0.5, 0.6) is 0 Å². The van der Waals surface area contributed by atoms with E-state index in [1.54, 1.807) is 0 Å². The summed E-state index contributed by atoms with van der Waals surface area (Å²) in [6.45, 7) is 1.15. The Morgan fingerprint density at radius 1 is 1.33 bits per heavy atom. The molecule has 0 amide bonds. The van der Waals surface area contributed by atoms with E-state index in [9.17, 15) is 0 Å². The molecule has 1 aromatic heterocycles. The van der Waals surface area contributed by atoms with Crippen molar-refractivity contribution in [3.8, 4) is 0 Å². The van der Waals surface area contributed by atoms with Crippen molar-refractivity contribution >= 4 is 26.8 Å². The Labute approximate surface area is 97.2 Å². The molecule has 0 saturated carbocycles. The largest absolute Gasteiger partial charge is 0.361 e. The quantitative estimate of drug-likeness (QED) is 0.813. The van der Waals surface area contributed by atoms with Gasteiger partial charge in [-0.25, -0.2) is 0 Å². The number of aromatic amines is 1. The summed E-state index contributed by atoms with van der Waals surface area (Å²) in [6, 6.07) is 6.97. The van der Waals surface area contributed by atoms with Gasteiger partial charge in [0.2, 0.25) is 0 Å². The number of fused-ring (bicyclic) bond motifs is 1. The third-order valence-corrected chi connectivity index (χ3v) is 3.60. The molecule has 0 radical (unpaired) electrons. The first kappa shape index (κ1) is 9.43. The van der Waals surface area contributed by atoms with E-state index in [1.807, 2.05) is 0 Å². The molecule has 1 atom stereocenters. The molecule has 0 bridgehead atoms. The number of benzene rings is 1. The number of rotatable bonds is 1. The highest BCUT2D eigenvalue weighted by Crippen LogP contribution is 2.30. The molecule has 2 heterocycles. The molecule has 2 aromatic rings. The fourth-order valence-corrected chi connectivity index (χ4v) is 2.72. The molecular formula is C12H13BrN2. The van der Waals surface area contributed by atoms with Gasteiger partial charge < -0.3 is 10.3 Å². The average molecular weight is 265 g/mol. The molecule has 1 saturated heterocycles. The Morgan fingerprint density at radius 2 is 2.27 bits per heavy atom. The van der Waals surface area contributed by atoms with E-state index < -0.39 is 0 Å². The maximum atomic E-state index is 3.53. The predicted molar refractivity (Wildman–Crippen MR) is 66.0 cm³/mol. The number of halogens is 1. The molecule has 1 aliphatic heterocycles. The first-order valence-electron chi connectivity index (χ1n) is 5.34. The molecular weight excluding hydrogens is 252 g/mol. The fraction of sp³-hybridized carbons (Fsp3) is 0.333. The van der Waals surface area contributed by atoms with Crippen LogP contribution < -0.4 is 5.32 Å². The number of nitrogens with one attached hydrogen (secondary N) is 2. The number of hydrogen-bond donors (Lipinski definition) is 2. The minimum atomic E-state index is 0.542. The Balaban J connectivity index is 2.11. The SMILES string of the molecule is Brc1ccc2c(C3CCCN3)c[nH]c2c1. The molecule has 0 spiro atoms. The Bertz CT molecular complexity index is 483. The van der Waals surface area contributed by atoms with Gasteiger partial charge in [-0.2, -0.15) is 0 Å². The van der Waals surface area contributed by atoms with Crippen LogP contribution in [-0.4, -0.2) is 11.5 Å².